The van der Waals surface area contributed by atoms with Crippen LogP contribution in [0.5, 0.6) is 0 Å². The zero-order chi connectivity index (χ0) is 14.6. The lowest BCUT2D eigenvalue weighted by Crippen LogP contribution is -2.33. The number of anilines is 1. The van der Waals surface area contributed by atoms with E-state index in [1.807, 2.05) is 25.2 Å². The Hall–Kier alpha value is -1.35. The van der Waals surface area contributed by atoms with Crippen LogP contribution in [0.2, 0.25) is 0 Å². The van der Waals surface area contributed by atoms with Crippen LogP contribution in [0.25, 0.3) is 0 Å². The van der Waals surface area contributed by atoms with Crippen LogP contribution in [-0.4, -0.2) is 13.0 Å². The fourth-order valence-electron chi connectivity index (χ4n) is 3.19. The van der Waals surface area contributed by atoms with Crippen LogP contribution in [0.3, 0.4) is 0 Å². The zero-order valence-corrected chi connectivity index (χ0v) is 12.8. The zero-order valence-electron chi connectivity index (χ0n) is 12.8. The SMILES string of the molecule is CCC1(C(=O)Nc2ccccc2C(C)NC)CCCC1. The van der Waals surface area contributed by atoms with E-state index in [1.165, 1.54) is 12.8 Å². The quantitative estimate of drug-likeness (QED) is 0.855. The minimum Gasteiger partial charge on any atom is -0.325 e. The first kappa shape index (κ1) is 15.0. The highest BCUT2D eigenvalue weighted by Gasteiger charge is 2.39. The summed E-state index contributed by atoms with van der Waals surface area (Å²) in [5.41, 5.74) is 1.95. The first-order valence-corrected chi connectivity index (χ1v) is 7.70. The highest BCUT2D eigenvalue weighted by molar-refractivity contribution is 5.96. The van der Waals surface area contributed by atoms with Crippen molar-refractivity contribution in [3.63, 3.8) is 0 Å². The summed E-state index contributed by atoms with van der Waals surface area (Å²) >= 11 is 0. The van der Waals surface area contributed by atoms with Gasteiger partial charge < -0.3 is 10.6 Å². The second kappa shape index (κ2) is 6.40. The van der Waals surface area contributed by atoms with E-state index in [9.17, 15) is 4.79 Å². The number of carbonyl (C=O) groups excluding carboxylic acids is 1. The molecule has 20 heavy (non-hydrogen) atoms. The molecule has 0 spiro atoms. The third-order valence-electron chi connectivity index (χ3n) is 4.83. The molecule has 0 aliphatic heterocycles. The molecule has 0 bridgehead atoms. The van der Waals surface area contributed by atoms with Gasteiger partial charge in [-0.15, -0.1) is 0 Å². The van der Waals surface area contributed by atoms with E-state index in [2.05, 4.69) is 30.5 Å². The van der Waals surface area contributed by atoms with Gasteiger partial charge in [-0.25, -0.2) is 0 Å². The minimum atomic E-state index is -0.143. The van der Waals surface area contributed by atoms with Crippen molar-refractivity contribution in [2.75, 3.05) is 12.4 Å². The van der Waals surface area contributed by atoms with Crippen LogP contribution < -0.4 is 10.6 Å². The second-order valence-corrected chi connectivity index (χ2v) is 5.89. The average Bonchev–Trinajstić information content (AvgIpc) is 2.97. The summed E-state index contributed by atoms with van der Waals surface area (Å²) in [5, 5.41) is 6.42. The summed E-state index contributed by atoms with van der Waals surface area (Å²) in [6, 6.07) is 8.30. The molecule has 1 aromatic rings. The molecule has 1 fully saturated rings. The molecule has 3 heteroatoms. The van der Waals surface area contributed by atoms with Gasteiger partial charge in [0.15, 0.2) is 0 Å². The lowest BCUT2D eigenvalue weighted by atomic mass is 9.82. The summed E-state index contributed by atoms with van der Waals surface area (Å²) in [5.74, 6) is 0.202. The monoisotopic (exact) mass is 274 g/mol. The van der Waals surface area contributed by atoms with E-state index < -0.39 is 0 Å². The number of hydrogen-bond donors (Lipinski definition) is 2. The molecular weight excluding hydrogens is 248 g/mol. The van der Waals surface area contributed by atoms with Gasteiger partial charge in [-0.1, -0.05) is 38.0 Å². The maximum absolute atomic E-state index is 12.7. The van der Waals surface area contributed by atoms with Gasteiger partial charge >= 0.3 is 0 Å². The molecule has 2 N–H and O–H groups in total. The molecule has 1 aliphatic rings. The first-order valence-electron chi connectivity index (χ1n) is 7.70. The van der Waals surface area contributed by atoms with E-state index in [0.29, 0.717) is 0 Å². The molecule has 3 nitrogen and oxygen atoms in total. The molecule has 0 aromatic heterocycles. The van der Waals surface area contributed by atoms with Gasteiger partial charge in [0.05, 0.1) is 0 Å². The van der Waals surface area contributed by atoms with Gasteiger partial charge in [0.1, 0.15) is 0 Å². The third-order valence-corrected chi connectivity index (χ3v) is 4.83. The molecular formula is C17H26N2O. The van der Waals surface area contributed by atoms with E-state index >= 15 is 0 Å². The molecule has 1 aliphatic carbocycles. The van der Waals surface area contributed by atoms with Crippen molar-refractivity contribution >= 4 is 11.6 Å². The second-order valence-electron chi connectivity index (χ2n) is 5.89. The lowest BCUT2D eigenvalue weighted by molar-refractivity contribution is -0.125. The van der Waals surface area contributed by atoms with E-state index in [-0.39, 0.29) is 17.4 Å². The summed E-state index contributed by atoms with van der Waals surface area (Å²) in [7, 11) is 1.94. The largest absolute Gasteiger partial charge is 0.325 e. The Morgan fingerprint density at radius 3 is 2.55 bits per heavy atom. The van der Waals surface area contributed by atoms with Gasteiger partial charge in [0, 0.05) is 17.1 Å². The van der Waals surface area contributed by atoms with Crippen LogP contribution >= 0.6 is 0 Å². The van der Waals surface area contributed by atoms with E-state index in [1.54, 1.807) is 0 Å². The number of carbonyl (C=O) groups is 1. The maximum Gasteiger partial charge on any atom is 0.230 e. The molecule has 1 saturated carbocycles. The van der Waals surface area contributed by atoms with Gasteiger partial charge in [-0.05, 0) is 44.9 Å². The molecule has 1 aromatic carbocycles. The number of rotatable bonds is 5. The first-order chi connectivity index (χ1) is 9.63. The average molecular weight is 274 g/mol. The van der Waals surface area contributed by atoms with Gasteiger partial charge in [0.25, 0.3) is 0 Å². The Morgan fingerprint density at radius 1 is 1.30 bits per heavy atom. The topological polar surface area (TPSA) is 41.1 Å². The summed E-state index contributed by atoms with van der Waals surface area (Å²) in [4.78, 5) is 12.7. The van der Waals surface area contributed by atoms with Crippen molar-refractivity contribution in [2.45, 2.75) is 52.0 Å². The highest BCUT2D eigenvalue weighted by Crippen LogP contribution is 2.42. The Kier molecular flexibility index (Phi) is 4.81. The molecule has 110 valence electrons. The summed E-state index contributed by atoms with van der Waals surface area (Å²) in [6.45, 7) is 4.24. The molecule has 2 rings (SSSR count). The number of amides is 1. The molecule has 1 unspecified atom stereocenters. The molecule has 0 saturated heterocycles. The van der Waals surface area contributed by atoms with Crippen molar-refractivity contribution in [2.24, 2.45) is 5.41 Å². The van der Waals surface area contributed by atoms with Crippen molar-refractivity contribution in [3.05, 3.63) is 29.8 Å². The number of para-hydroxylation sites is 1. The van der Waals surface area contributed by atoms with Crippen LogP contribution in [0.4, 0.5) is 5.69 Å². The van der Waals surface area contributed by atoms with Crippen molar-refractivity contribution in [1.29, 1.82) is 0 Å². The Balaban J connectivity index is 2.19. The number of nitrogens with one attached hydrogen (secondary N) is 2. The smallest absolute Gasteiger partial charge is 0.230 e. The van der Waals surface area contributed by atoms with Gasteiger partial charge in [-0.3, -0.25) is 4.79 Å². The lowest BCUT2D eigenvalue weighted by Gasteiger charge is -2.27. The molecule has 1 atom stereocenters. The van der Waals surface area contributed by atoms with Gasteiger partial charge in [-0.2, -0.15) is 0 Å². The fourth-order valence-corrected chi connectivity index (χ4v) is 3.19. The number of benzene rings is 1. The number of hydrogen-bond acceptors (Lipinski definition) is 2. The van der Waals surface area contributed by atoms with Crippen LogP contribution in [-0.2, 0) is 4.79 Å². The Bertz CT molecular complexity index is 464. The molecule has 0 heterocycles. The molecule has 0 radical (unpaired) electrons. The van der Waals surface area contributed by atoms with Crippen molar-refractivity contribution < 1.29 is 4.79 Å². The van der Waals surface area contributed by atoms with Crippen molar-refractivity contribution in [3.8, 4) is 0 Å². The third kappa shape index (κ3) is 2.88. The predicted molar refractivity (Wildman–Crippen MR) is 83.7 cm³/mol. The maximum atomic E-state index is 12.7. The molecule has 1 amide bonds. The highest BCUT2D eigenvalue weighted by atomic mass is 16.2. The van der Waals surface area contributed by atoms with Crippen LogP contribution in [0, 0.1) is 5.41 Å². The van der Waals surface area contributed by atoms with Gasteiger partial charge in [0.2, 0.25) is 5.91 Å². The fraction of sp³-hybridized carbons (Fsp3) is 0.588. The van der Waals surface area contributed by atoms with Crippen LogP contribution in [0.15, 0.2) is 24.3 Å². The van der Waals surface area contributed by atoms with Crippen molar-refractivity contribution in [1.82, 2.24) is 5.32 Å². The van der Waals surface area contributed by atoms with E-state index in [4.69, 9.17) is 0 Å². The predicted octanol–water partition coefficient (Wildman–Crippen LogP) is 3.88. The van der Waals surface area contributed by atoms with Crippen LogP contribution in [0.1, 0.15) is 57.6 Å². The normalized spacial score (nSPS) is 18.8. The summed E-state index contributed by atoms with van der Waals surface area (Å²) in [6.07, 6.45) is 5.34. The summed E-state index contributed by atoms with van der Waals surface area (Å²) < 4.78 is 0. The standard InChI is InChI=1S/C17H26N2O/c1-4-17(11-7-8-12-17)16(20)19-15-10-6-5-9-14(15)13(2)18-3/h5-6,9-10,13,18H,4,7-8,11-12H2,1-3H3,(H,19,20). The van der Waals surface area contributed by atoms with E-state index in [0.717, 1.165) is 30.5 Å². The minimum absolute atomic E-state index is 0.143. The Labute approximate surface area is 122 Å². The Morgan fingerprint density at radius 2 is 1.95 bits per heavy atom.